The minimum absolute atomic E-state index is 0.00457. The van der Waals surface area contributed by atoms with Crippen LogP contribution in [0.15, 0.2) is 53.7 Å². The number of rotatable bonds is 6. The van der Waals surface area contributed by atoms with E-state index >= 15 is 0 Å². The fraction of sp³-hybridized carbons (Fsp3) is 0.458. The van der Waals surface area contributed by atoms with Gasteiger partial charge < -0.3 is 15.0 Å². The monoisotopic (exact) mass is 486 g/mol. The Kier molecular flexibility index (Phi) is 7.47. The highest BCUT2D eigenvalue weighted by atomic mass is 32.2. The SMILES string of the molecule is COc1ccc(S(=O)(=O)N2CCCC(C(=O)N3CCC(NC(=O)c4cccnc4)CC3)C2)cc1. The minimum atomic E-state index is -3.68. The van der Waals surface area contributed by atoms with Crippen LogP contribution in [0.5, 0.6) is 5.75 Å². The highest BCUT2D eigenvalue weighted by molar-refractivity contribution is 7.89. The van der Waals surface area contributed by atoms with Gasteiger partial charge in [0.15, 0.2) is 0 Å². The predicted octanol–water partition coefficient (Wildman–Crippen LogP) is 1.91. The molecule has 9 nitrogen and oxygen atoms in total. The van der Waals surface area contributed by atoms with E-state index in [0.717, 1.165) is 0 Å². The number of ether oxygens (including phenoxy) is 1. The summed E-state index contributed by atoms with van der Waals surface area (Å²) in [5.41, 5.74) is 0.515. The zero-order valence-corrected chi connectivity index (χ0v) is 20.0. The van der Waals surface area contributed by atoms with Crippen molar-refractivity contribution in [3.05, 3.63) is 54.4 Å². The molecule has 1 unspecified atom stereocenters. The second-order valence-corrected chi connectivity index (χ2v) is 10.6. The molecule has 2 amide bonds. The molecule has 2 aromatic rings. The number of nitrogens with zero attached hydrogens (tertiary/aromatic N) is 3. The molecule has 182 valence electrons. The summed E-state index contributed by atoms with van der Waals surface area (Å²) in [6, 6.07) is 9.74. The maximum Gasteiger partial charge on any atom is 0.253 e. The Morgan fingerprint density at radius 2 is 1.79 bits per heavy atom. The number of nitrogens with one attached hydrogen (secondary N) is 1. The molecule has 0 radical (unpaired) electrons. The van der Waals surface area contributed by atoms with Crippen LogP contribution in [0.2, 0.25) is 0 Å². The van der Waals surface area contributed by atoms with Crippen molar-refractivity contribution in [1.82, 2.24) is 19.5 Å². The van der Waals surface area contributed by atoms with Crippen LogP contribution in [0.25, 0.3) is 0 Å². The number of benzene rings is 1. The van der Waals surface area contributed by atoms with Gasteiger partial charge in [-0.2, -0.15) is 4.31 Å². The van der Waals surface area contributed by atoms with Gasteiger partial charge in [-0.1, -0.05) is 0 Å². The maximum absolute atomic E-state index is 13.2. The molecule has 2 aliphatic heterocycles. The van der Waals surface area contributed by atoms with E-state index in [1.807, 2.05) is 0 Å². The van der Waals surface area contributed by atoms with Crippen LogP contribution in [-0.2, 0) is 14.8 Å². The number of amides is 2. The van der Waals surface area contributed by atoms with E-state index < -0.39 is 10.0 Å². The topological polar surface area (TPSA) is 109 Å². The highest BCUT2D eigenvalue weighted by Crippen LogP contribution is 2.27. The van der Waals surface area contributed by atoms with Crippen LogP contribution in [0.3, 0.4) is 0 Å². The third-order valence-electron chi connectivity index (χ3n) is 6.50. The third kappa shape index (κ3) is 5.39. The number of hydrogen-bond donors (Lipinski definition) is 1. The Balaban J connectivity index is 1.32. The van der Waals surface area contributed by atoms with Gasteiger partial charge in [0, 0.05) is 44.6 Å². The first-order valence-electron chi connectivity index (χ1n) is 11.5. The Hall–Kier alpha value is -2.98. The van der Waals surface area contributed by atoms with Gasteiger partial charge in [0.05, 0.1) is 23.5 Å². The molecule has 10 heteroatoms. The largest absolute Gasteiger partial charge is 0.497 e. The van der Waals surface area contributed by atoms with Crippen molar-refractivity contribution in [2.75, 3.05) is 33.3 Å². The standard InChI is InChI=1S/C24H30N4O5S/c1-33-21-6-8-22(9-7-21)34(31,32)28-13-3-5-19(17-28)24(30)27-14-10-20(11-15-27)26-23(29)18-4-2-12-25-16-18/h2,4,6-9,12,16,19-20H,3,5,10-11,13-15,17H2,1H3,(H,26,29). The number of likely N-dealkylation sites (tertiary alicyclic amines) is 1. The van der Waals surface area contributed by atoms with E-state index in [0.29, 0.717) is 56.6 Å². The number of sulfonamides is 1. The lowest BCUT2D eigenvalue weighted by molar-refractivity contribution is -0.137. The first kappa shape index (κ1) is 24.2. The minimum Gasteiger partial charge on any atom is -0.497 e. The molecule has 3 heterocycles. The Morgan fingerprint density at radius 1 is 1.06 bits per heavy atom. The molecular formula is C24H30N4O5S. The van der Waals surface area contributed by atoms with E-state index in [4.69, 9.17) is 4.74 Å². The highest BCUT2D eigenvalue weighted by Gasteiger charge is 2.36. The number of methoxy groups -OCH3 is 1. The normalized spacial score (nSPS) is 20.0. The molecule has 1 atom stereocenters. The quantitative estimate of drug-likeness (QED) is 0.668. The summed E-state index contributed by atoms with van der Waals surface area (Å²) in [6.45, 7) is 1.67. The molecule has 0 saturated carbocycles. The van der Waals surface area contributed by atoms with Crippen LogP contribution in [-0.4, -0.2) is 73.8 Å². The van der Waals surface area contributed by atoms with Gasteiger partial charge in [-0.05, 0) is 62.1 Å². The molecule has 34 heavy (non-hydrogen) atoms. The average Bonchev–Trinajstić information content (AvgIpc) is 2.89. The molecule has 4 rings (SSSR count). The summed E-state index contributed by atoms with van der Waals surface area (Å²) in [6.07, 6.45) is 5.80. The van der Waals surface area contributed by atoms with Gasteiger partial charge in [-0.25, -0.2) is 8.42 Å². The van der Waals surface area contributed by atoms with Crippen molar-refractivity contribution in [2.45, 2.75) is 36.6 Å². The van der Waals surface area contributed by atoms with E-state index in [2.05, 4.69) is 10.3 Å². The Morgan fingerprint density at radius 3 is 2.44 bits per heavy atom. The number of aromatic nitrogens is 1. The van der Waals surface area contributed by atoms with E-state index in [-0.39, 0.29) is 35.2 Å². The number of hydrogen-bond acceptors (Lipinski definition) is 6. The molecule has 2 fully saturated rings. The summed E-state index contributed by atoms with van der Waals surface area (Å²) in [5, 5.41) is 3.01. The summed E-state index contributed by atoms with van der Waals surface area (Å²) >= 11 is 0. The van der Waals surface area contributed by atoms with Crippen molar-refractivity contribution < 1.29 is 22.7 Å². The maximum atomic E-state index is 13.2. The van der Waals surface area contributed by atoms with Gasteiger partial charge in [0.25, 0.3) is 5.91 Å². The molecule has 0 spiro atoms. The van der Waals surface area contributed by atoms with Crippen molar-refractivity contribution in [1.29, 1.82) is 0 Å². The molecule has 1 aromatic heterocycles. The molecule has 0 aliphatic carbocycles. The first-order valence-corrected chi connectivity index (χ1v) is 13.0. The van der Waals surface area contributed by atoms with Crippen molar-refractivity contribution in [3.8, 4) is 5.75 Å². The van der Waals surface area contributed by atoms with Crippen LogP contribution >= 0.6 is 0 Å². The Labute approximate surface area is 200 Å². The lowest BCUT2D eigenvalue weighted by atomic mass is 9.96. The van der Waals surface area contributed by atoms with Crippen LogP contribution in [0.1, 0.15) is 36.0 Å². The summed E-state index contributed by atoms with van der Waals surface area (Å²) in [5.74, 6) is 0.0604. The molecule has 2 saturated heterocycles. The van der Waals surface area contributed by atoms with Crippen molar-refractivity contribution >= 4 is 21.8 Å². The van der Waals surface area contributed by atoms with Gasteiger partial charge >= 0.3 is 0 Å². The smallest absolute Gasteiger partial charge is 0.253 e. The van der Waals surface area contributed by atoms with Crippen LogP contribution in [0.4, 0.5) is 0 Å². The van der Waals surface area contributed by atoms with Gasteiger partial charge in [-0.3, -0.25) is 14.6 Å². The second kappa shape index (κ2) is 10.5. The molecule has 1 N–H and O–H groups in total. The summed E-state index contributed by atoms with van der Waals surface area (Å²) in [4.78, 5) is 31.5. The molecule has 0 bridgehead atoms. The lowest BCUT2D eigenvalue weighted by Crippen LogP contribution is -2.51. The molecule has 2 aliphatic rings. The van der Waals surface area contributed by atoms with E-state index in [1.165, 1.54) is 29.7 Å². The fourth-order valence-electron chi connectivity index (χ4n) is 4.53. The number of carbonyl (C=O) groups excluding carboxylic acids is 2. The second-order valence-electron chi connectivity index (χ2n) is 8.69. The average molecular weight is 487 g/mol. The summed E-state index contributed by atoms with van der Waals surface area (Å²) < 4.78 is 32.7. The predicted molar refractivity (Wildman–Crippen MR) is 126 cm³/mol. The van der Waals surface area contributed by atoms with Gasteiger partial charge in [0.2, 0.25) is 15.9 Å². The zero-order chi connectivity index (χ0) is 24.1. The van der Waals surface area contributed by atoms with Gasteiger partial charge in [0.1, 0.15) is 5.75 Å². The van der Waals surface area contributed by atoms with E-state index in [9.17, 15) is 18.0 Å². The zero-order valence-electron chi connectivity index (χ0n) is 19.2. The number of piperidine rings is 2. The fourth-order valence-corrected chi connectivity index (χ4v) is 6.05. The first-order chi connectivity index (χ1) is 16.4. The summed E-state index contributed by atoms with van der Waals surface area (Å²) in [7, 11) is -2.15. The van der Waals surface area contributed by atoms with Crippen molar-refractivity contribution in [2.24, 2.45) is 5.92 Å². The van der Waals surface area contributed by atoms with Crippen LogP contribution < -0.4 is 10.1 Å². The van der Waals surface area contributed by atoms with Gasteiger partial charge in [-0.15, -0.1) is 0 Å². The third-order valence-corrected chi connectivity index (χ3v) is 8.38. The van der Waals surface area contributed by atoms with Crippen LogP contribution in [0, 0.1) is 5.92 Å². The van der Waals surface area contributed by atoms with Crippen molar-refractivity contribution in [3.63, 3.8) is 0 Å². The van der Waals surface area contributed by atoms with E-state index in [1.54, 1.807) is 35.4 Å². The lowest BCUT2D eigenvalue weighted by Gasteiger charge is -2.37. The Bertz CT molecular complexity index is 1100. The molecule has 1 aromatic carbocycles. The molecular weight excluding hydrogens is 456 g/mol. The number of pyridine rings is 1. The number of carbonyl (C=O) groups is 2.